The molecule has 27 heavy (non-hydrogen) atoms. The highest BCUT2D eigenvalue weighted by molar-refractivity contribution is 7.11. The van der Waals surface area contributed by atoms with E-state index in [1.54, 1.807) is 16.5 Å². The van der Waals surface area contributed by atoms with Gasteiger partial charge in [0.15, 0.2) is 10.8 Å². The van der Waals surface area contributed by atoms with Crippen LogP contribution in [0, 0.1) is 0 Å². The number of halogens is 2. The van der Waals surface area contributed by atoms with Crippen molar-refractivity contribution in [2.75, 3.05) is 39.4 Å². The third-order valence-electron chi connectivity index (χ3n) is 5.66. The van der Waals surface area contributed by atoms with Gasteiger partial charge in [0.1, 0.15) is 0 Å². The molecule has 2 aliphatic heterocycles. The first-order chi connectivity index (χ1) is 13.0. The Labute approximate surface area is 161 Å². The van der Waals surface area contributed by atoms with E-state index in [0.717, 1.165) is 13.0 Å². The maximum Gasteiger partial charge on any atom is 0.283 e. The first kappa shape index (κ1) is 19.2. The van der Waals surface area contributed by atoms with Gasteiger partial charge in [0.2, 0.25) is 5.92 Å². The summed E-state index contributed by atoms with van der Waals surface area (Å²) in [6.45, 7) is 3.09. The monoisotopic (exact) mass is 401 g/mol. The summed E-state index contributed by atoms with van der Waals surface area (Å²) < 4.78 is 39.2. The minimum Gasteiger partial charge on any atom is -0.347 e. The number of carbonyl (C=O) groups excluding carboxylic acids is 1. The molecule has 0 N–H and O–H groups in total. The summed E-state index contributed by atoms with van der Waals surface area (Å²) in [6.07, 6.45) is 3.32. The van der Waals surface area contributed by atoms with E-state index in [9.17, 15) is 13.6 Å². The first-order valence-corrected chi connectivity index (χ1v) is 10.4. The summed E-state index contributed by atoms with van der Waals surface area (Å²) >= 11 is 1.32. The van der Waals surface area contributed by atoms with Crippen LogP contribution in [-0.4, -0.2) is 77.8 Å². The molecule has 1 aliphatic carbocycles. The van der Waals surface area contributed by atoms with E-state index < -0.39 is 11.7 Å². The molecule has 1 aromatic heterocycles. The van der Waals surface area contributed by atoms with Crippen molar-refractivity contribution < 1.29 is 23.0 Å². The van der Waals surface area contributed by atoms with Crippen molar-refractivity contribution in [1.82, 2.24) is 14.8 Å². The lowest BCUT2D eigenvalue weighted by Gasteiger charge is -2.45. The van der Waals surface area contributed by atoms with Gasteiger partial charge in [-0.2, -0.15) is 0 Å². The van der Waals surface area contributed by atoms with Gasteiger partial charge in [0, 0.05) is 43.5 Å². The second kappa shape index (κ2) is 7.69. The fourth-order valence-corrected chi connectivity index (χ4v) is 4.84. The lowest BCUT2D eigenvalue weighted by Crippen LogP contribution is -2.60. The number of rotatable bonds is 2. The lowest BCUT2D eigenvalue weighted by molar-refractivity contribution is -0.263. The first-order valence-electron chi connectivity index (χ1n) is 9.55. The molecule has 6 nitrogen and oxygen atoms in total. The topological polar surface area (TPSA) is 54.9 Å². The number of hydrogen-bond acceptors (Lipinski definition) is 6. The van der Waals surface area contributed by atoms with Crippen LogP contribution in [0.4, 0.5) is 8.78 Å². The van der Waals surface area contributed by atoms with Crippen LogP contribution in [0.25, 0.3) is 0 Å². The van der Waals surface area contributed by atoms with E-state index in [2.05, 4.69) is 9.88 Å². The Hall–Kier alpha value is -1.16. The van der Waals surface area contributed by atoms with Gasteiger partial charge in [-0.15, -0.1) is 11.3 Å². The quantitative estimate of drug-likeness (QED) is 0.763. The average Bonchev–Trinajstić information content (AvgIpc) is 3.12. The fraction of sp³-hybridized carbons (Fsp3) is 0.778. The van der Waals surface area contributed by atoms with Crippen molar-refractivity contribution in [2.45, 2.75) is 49.9 Å². The van der Waals surface area contributed by atoms with Crippen LogP contribution < -0.4 is 0 Å². The summed E-state index contributed by atoms with van der Waals surface area (Å²) in [5, 5.41) is 2.25. The van der Waals surface area contributed by atoms with E-state index in [1.807, 2.05) is 0 Å². The number of hydrogen-bond donors (Lipinski definition) is 0. The highest BCUT2D eigenvalue weighted by Gasteiger charge is 2.45. The molecule has 3 fully saturated rings. The summed E-state index contributed by atoms with van der Waals surface area (Å²) in [7, 11) is 0. The smallest absolute Gasteiger partial charge is 0.283 e. The SMILES string of the molecule is O=C(c1nccs1)N1CCOC2(C1)CN(C1CCC(F)(F)CC1)CCCO2. The van der Waals surface area contributed by atoms with Gasteiger partial charge in [0.25, 0.3) is 5.91 Å². The third kappa shape index (κ3) is 4.31. The second-order valence-electron chi connectivity index (χ2n) is 7.58. The number of thiazole rings is 1. The van der Waals surface area contributed by atoms with Gasteiger partial charge < -0.3 is 14.4 Å². The summed E-state index contributed by atoms with van der Waals surface area (Å²) in [5.41, 5.74) is 0. The molecule has 3 aliphatic rings. The molecular weight excluding hydrogens is 376 g/mol. The zero-order valence-electron chi connectivity index (χ0n) is 15.2. The van der Waals surface area contributed by atoms with Crippen LogP contribution in [0.15, 0.2) is 11.6 Å². The Balaban J connectivity index is 1.45. The predicted molar refractivity (Wildman–Crippen MR) is 96.0 cm³/mol. The molecule has 1 spiro atoms. The van der Waals surface area contributed by atoms with Gasteiger partial charge in [-0.3, -0.25) is 9.69 Å². The molecule has 9 heteroatoms. The minimum absolute atomic E-state index is 0.0580. The van der Waals surface area contributed by atoms with Gasteiger partial charge in [-0.1, -0.05) is 0 Å². The summed E-state index contributed by atoms with van der Waals surface area (Å²) in [5.74, 6) is -3.53. The Kier molecular flexibility index (Phi) is 5.46. The van der Waals surface area contributed by atoms with E-state index in [1.165, 1.54) is 11.3 Å². The second-order valence-corrected chi connectivity index (χ2v) is 8.48. The minimum atomic E-state index is -2.53. The molecule has 150 valence electrons. The maximum absolute atomic E-state index is 13.5. The number of alkyl halides is 2. The average molecular weight is 401 g/mol. The molecule has 0 aromatic carbocycles. The maximum atomic E-state index is 13.5. The Morgan fingerprint density at radius 1 is 1.19 bits per heavy atom. The number of ether oxygens (including phenoxy) is 2. The third-order valence-corrected chi connectivity index (χ3v) is 6.42. The van der Waals surface area contributed by atoms with Gasteiger partial charge >= 0.3 is 0 Å². The summed E-state index contributed by atoms with van der Waals surface area (Å²) in [4.78, 5) is 20.8. The largest absolute Gasteiger partial charge is 0.347 e. The van der Waals surface area contributed by atoms with Crippen LogP contribution in [0.3, 0.4) is 0 Å². The summed E-state index contributed by atoms with van der Waals surface area (Å²) in [6, 6.07) is 0.122. The molecule has 1 atom stereocenters. The molecule has 0 bridgehead atoms. The van der Waals surface area contributed by atoms with Crippen LogP contribution in [0.2, 0.25) is 0 Å². The van der Waals surface area contributed by atoms with E-state index in [-0.39, 0.29) is 24.8 Å². The number of carbonyl (C=O) groups is 1. The number of morpholine rings is 1. The van der Waals surface area contributed by atoms with Crippen LogP contribution >= 0.6 is 11.3 Å². The Morgan fingerprint density at radius 2 is 1.96 bits per heavy atom. The van der Waals surface area contributed by atoms with Gasteiger partial charge in [-0.05, 0) is 19.3 Å². The lowest BCUT2D eigenvalue weighted by atomic mass is 9.90. The standard InChI is InChI=1S/C18H25F2N3O3S/c19-17(20)4-2-14(3-5-17)22-7-1-9-25-18(12-22)13-23(8-10-26-18)16(24)15-21-6-11-27-15/h6,11,14H,1-5,7-10,12-13H2. The zero-order chi connectivity index (χ0) is 18.9. The molecule has 1 saturated carbocycles. The van der Waals surface area contributed by atoms with Crippen LogP contribution in [0.1, 0.15) is 41.9 Å². The number of nitrogens with zero attached hydrogens (tertiary/aromatic N) is 3. The van der Waals surface area contributed by atoms with Gasteiger partial charge in [0.05, 0.1) is 26.3 Å². The number of amides is 1. The molecule has 1 aromatic rings. The predicted octanol–water partition coefficient (Wildman–Crippen LogP) is 2.61. The van der Waals surface area contributed by atoms with Gasteiger partial charge in [-0.25, -0.2) is 13.8 Å². The van der Waals surface area contributed by atoms with E-state index >= 15 is 0 Å². The highest BCUT2D eigenvalue weighted by Crippen LogP contribution is 2.36. The van der Waals surface area contributed by atoms with Crippen molar-refractivity contribution in [3.8, 4) is 0 Å². The Bertz CT molecular complexity index is 650. The van der Waals surface area contributed by atoms with Crippen molar-refractivity contribution >= 4 is 17.2 Å². The van der Waals surface area contributed by atoms with Crippen molar-refractivity contribution in [3.05, 3.63) is 16.6 Å². The van der Waals surface area contributed by atoms with Crippen molar-refractivity contribution in [3.63, 3.8) is 0 Å². The number of aromatic nitrogens is 1. The highest BCUT2D eigenvalue weighted by atomic mass is 32.1. The zero-order valence-corrected chi connectivity index (χ0v) is 16.1. The van der Waals surface area contributed by atoms with Crippen molar-refractivity contribution in [1.29, 1.82) is 0 Å². The molecule has 1 unspecified atom stereocenters. The normalized spacial score (nSPS) is 30.4. The van der Waals surface area contributed by atoms with Crippen LogP contribution in [0.5, 0.6) is 0 Å². The molecule has 4 rings (SSSR count). The molecule has 3 heterocycles. The molecular formula is C18H25F2N3O3S. The van der Waals surface area contributed by atoms with E-state index in [4.69, 9.17) is 9.47 Å². The fourth-order valence-electron chi connectivity index (χ4n) is 4.24. The Morgan fingerprint density at radius 3 is 2.70 bits per heavy atom. The molecule has 0 radical (unpaired) electrons. The molecule has 1 amide bonds. The van der Waals surface area contributed by atoms with Crippen molar-refractivity contribution in [2.24, 2.45) is 0 Å². The van der Waals surface area contributed by atoms with Crippen LogP contribution in [-0.2, 0) is 9.47 Å². The molecule has 2 saturated heterocycles. The van der Waals surface area contributed by atoms with E-state index in [0.29, 0.717) is 50.7 Å².